The van der Waals surface area contributed by atoms with Crippen molar-refractivity contribution in [3.8, 4) is 0 Å². The summed E-state index contributed by atoms with van der Waals surface area (Å²) in [4.78, 5) is 15.4. The monoisotopic (exact) mass is 484 g/mol. The largest absolute Gasteiger partial charge is 0.352 e. The molecule has 0 fully saturated rings. The van der Waals surface area contributed by atoms with Crippen molar-refractivity contribution in [2.45, 2.75) is 33.4 Å². The predicted molar refractivity (Wildman–Crippen MR) is 119 cm³/mol. The van der Waals surface area contributed by atoms with Crippen LogP contribution in [0, 0.1) is 12.7 Å². The van der Waals surface area contributed by atoms with Crippen molar-refractivity contribution in [1.82, 2.24) is 10.6 Å². The van der Waals surface area contributed by atoms with Gasteiger partial charge in [-0.15, -0.1) is 24.0 Å². The maximum atomic E-state index is 13.8. The number of amides is 1. The lowest BCUT2D eigenvalue weighted by atomic mass is 10.1. The Hall–Kier alpha value is -2.16. The smallest absolute Gasteiger partial charge is 0.221 e. The summed E-state index contributed by atoms with van der Waals surface area (Å²) in [5, 5.41) is 9.24. The van der Waals surface area contributed by atoms with Crippen LogP contribution in [0.2, 0.25) is 0 Å². The fraction of sp³-hybridized carbons (Fsp3) is 0.300. The van der Waals surface area contributed by atoms with Crippen molar-refractivity contribution >= 4 is 41.5 Å². The van der Waals surface area contributed by atoms with Crippen LogP contribution in [0.3, 0.4) is 0 Å². The highest BCUT2D eigenvalue weighted by Crippen LogP contribution is 2.16. The summed E-state index contributed by atoms with van der Waals surface area (Å²) < 4.78 is 13.8. The second kappa shape index (κ2) is 10.9. The summed E-state index contributed by atoms with van der Waals surface area (Å²) in [7, 11) is 1.69. The van der Waals surface area contributed by atoms with Crippen molar-refractivity contribution in [3.05, 3.63) is 65.0 Å². The normalized spacial score (nSPS) is 12.0. The van der Waals surface area contributed by atoms with E-state index in [1.165, 1.54) is 13.0 Å². The number of anilines is 1. The van der Waals surface area contributed by atoms with Crippen LogP contribution in [0.5, 0.6) is 0 Å². The second-order valence-corrected chi connectivity index (χ2v) is 6.18. The van der Waals surface area contributed by atoms with E-state index in [4.69, 9.17) is 0 Å². The zero-order valence-electron chi connectivity index (χ0n) is 16.0. The van der Waals surface area contributed by atoms with Crippen molar-refractivity contribution in [3.63, 3.8) is 0 Å². The number of nitrogens with zero attached hydrogens (tertiary/aromatic N) is 1. The topological polar surface area (TPSA) is 65.5 Å². The van der Waals surface area contributed by atoms with Crippen LogP contribution in [0.1, 0.15) is 36.6 Å². The van der Waals surface area contributed by atoms with Gasteiger partial charge in [0.2, 0.25) is 5.91 Å². The minimum Gasteiger partial charge on any atom is -0.352 e. The lowest BCUT2D eigenvalue weighted by Crippen LogP contribution is -2.38. The van der Waals surface area contributed by atoms with Crippen LogP contribution >= 0.6 is 24.0 Å². The summed E-state index contributed by atoms with van der Waals surface area (Å²) >= 11 is 0. The Morgan fingerprint density at radius 2 is 1.96 bits per heavy atom. The molecule has 0 saturated carbocycles. The molecule has 7 heteroatoms. The number of halogens is 2. The van der Waals surface area contributed by atoms with Crippen LogP contribution in [-0.2, 0) is 11.3 Å². The van der Waals surface area contributed by atoms with E-state index >= 15 is 0 Å². The number of benzene rings is 2. The molecule has 0 bridgehead atoms. The van der Waals surface area contributed by atoms with Crippen LogP contribution in [0.25, 0.3) is 0 Å². The van der Waals surface area contributed by atoms with E-state index in [-0.39, 0.29) is 41.7 Å². The number of hydrogen-bond donors (Lipinski definition) is 3. The van der Waals surface area contributed by atoms with Crippen LogP contribution in [-0.4, -0.2) is 18.9 Å². The van der Waals surface area contributed by atoms with Gasteiger partial charge in [0.15, 0.2) is 5.96 Å². The van der Waals surface area contributed by atoms with E-state index < -0.39 is 0 Å². The minimum atomic E-state index is -0.214. The van der Waals surface area contributed by atoms with E-state index in [0.29, 0.717) is 18.1 Å². The molecule has 2 aromatic rings. The number of carbonyl (C=O) groups is 1. The number of carbonyl (C=O) groups excluding carboxylic acids is 1. The molecule has 0 aliphatic carbocycles. The molecule has 2 aromatic carbocycles. The maximum absolute atomic E-state index is 13.8. The standard InChI is InChI=1S/C20H25FN4O.HI/c1-13-8-9-17(11-19(13)21)14(2)24-20(22-4)23-12-16-6-5-7-18(10-16)25-15(3)26;/h5-11,14H,12H2,1-4H3,(H,25,26)(H2,22,23,24);1H. The van der Waals surface area contributed by atoms with Gasteiger partial charge in [0.1, 0.15) is 5.82 Å². The molecule has 0 radical (unpaired) electrons. The fourth-order valence-corrected chi connectivity index (χ4v) is 2.51. The van der Waals surface area contributed by atoms with Crippen molar-refractivity contribution < 1.29 is 9.18 Å². The average Bonchev–Trinajstić information content (AvgIpc) is 2.60. The average molecular weight is 484 g/mol. The minimum absolute atomic E-state index is 0. The first-order chi connectivity index (χ1) is 12.4. The zero-order chi connectivity index (χ0) is 19.1. The van der Waals surface area contributed by atoms with E-state index in [9.17, 15) is 9.18 Å². The molecule has 0 aliphatic rings. The number of nitrogens with one attached hydrogen (secondary N) is 3. The lowest BCUT2D eigenvalue weighted by molar-refractivity contribution is -0.114. The van der Waals surface area contributed by atoms with E-state index in [2.05, 4.69) is 20.9 Å². The Morgan fingerprint density at radius 3 is 2.59 bits per heavy atom. The molecule has 0 spiro atoms. The molecule has 5 nitrogen and oxygen atoms in total. The Kier molecular flexibility index (Phi) is 9.20. The molecule has 1 unspecified atom stereocenters. The Bertz CT molecular complexity index is 810. The molecule has 0 aromatic heterocycles. The highest BCUT2D eigenvalue weighted by atomic mass is 127. The van der Waals surface area contributed by atoms with Gasteiger partial charge in [0, 0.05) is 26.2 Å². The molecule has 27 heavy (non-hydrogen) atoms. The predicted octanol–water partition coefficient (Wildman–Crippen LogP) is 4.14. The van der Waals surface area contributed by atoms with Gasteiger partial charge in [-0.2, -0.15) is 0 Å². The molecule has 2 rings (SSSR count). The van der Waals surface area contributed by atoms with Gasteiger partial charge in [-0.1, -0.05) is 24.3 Å². The van der Waals surface area contributed by atoms with Gasteiger partial charge >= 0.3 is 0 Å². The van der Waals surface area contributed by atoms with Gasteiger partial charge in [0.25, 0.3) is 0 Å². The summed E-state index contributed by atoms with van der Waals surface area (Å²) in [6, 6.07) is 12.7. The molecule has 3 N–H and O–H groups in total. The van der Waals surface area contributed by atoms with E-state index in [0.717, 1.165) is 16.8 Å². The van der Waals surface area contributed by atoms with Gasteiger partial charge in [0.05, 0.1) is 6.04 Å². The Morgan fingerprint density at radius 1 is 1.22 bits per heavy atom. The number of guanidine groups is 1. The summed E-state index contributed by atoms with van der Waals surface area (Å²) in [6.07, 6.45) is 0. The van der Waals surface area contributed by atoms with Gasteiger partial charge < -0.3 is 16.0 Å². The van der Waals surface area contributed by atoms with Crippen molar-refractivity contribution in [2.24, 2.45) is 4.99 Å². The first kappa shape index (κ1) is 22.9. The van der Waals surface area contributed by atoms with E-state index in [1.807, 2.05) is 37.3 Å². The molecule has 1 amide bonds. The molecule has 0 heterocycles. The van der Waals surface area contributed by atoms with Crippen LogP contribution in [0.15, 0.2) is 47.5 Å². The summed E-state index contributed by atoms with van der Waals surface area (Å²) in [6.45, 7) is 5.72. The molecule has 1 atom stereocenters. The maximum Gasteiger partial charge on any atom is 0.221 e. The molecule has 0 aliphatic heterocycles. The second-order valence-electron chi connectivity index (χ2n) is 6.18. The zero-order valence-corrected chi connectivity index (χ0v) is 18.3. The fourth-order valence-electron chi connectivity index (χ4n) is 2.51. The lowest BCUT2D eigenvalue weighted by Gasteiger charge is -2.19. The van der Waals surface area contributed by atoms with Gasteiger partial charge in [-0.3, -0.25) is 9.79 Å². The number of aryl methyl sites for hydroxylation is 1. The summed E-state index contributed by atoms with van der Waals surface area (Å²) in [5.74, 6) is 0.295. The molecule has 0 saturated heterocycles. The molecule has 146 valence electrons. The third-order valence-corrected chi connectivity index (χ3v) is 3.98. The first-order valence-electron chi connectivity index (χ1n) is 8.49. The van der Waals surface area contributed by atoms with Crippen molar-refractivity contribution in [1.29, 1.82) is 0 Å². The van der Waals surface area contributed by atoms with Crippen molar-refractivity contribution in [2.75, 3.05) is 12.4 Å². The third kappa shape index (κ3) is 7.16. The first-order valence-corrected chi connectivity index (χ1v) is 8.49. The highest BCUT2D eigenvalue weighted by molar-refractivity contribution is 14.0. The number of hydrogen-bond acceptors (Lipinski definition) is 2. The highest BCUT2D eigenvalue weighted by Gasteiger charge is 2.10. The van der Waals surface area contributed by atoms with Gasteiger partial charge in [-0.25, -0.2) is 4.39 Å². The summed E-state index contributed by atoms with van der Waals surface area (Å²) in [5.41, 5.74) is 3.24. The Labute approximate surface area is 176 Å². The molecular weight excluding hydrogens is 458 g/mol. The number of rotatable bonds is 5. The SMILES string of the molecule is CN=C(NCc1cccc(NC(C)=O)c1)NC(C)c1ccc(C)c(F)c1.I. The van der Waals surface area contributed by atoms with Gasteiger partial charge in [-0.05, 0) is 48.7 Å². The number of aliphatic imine (C=N–C) groups is 1. The third-order valence-electron chi connectivity index (χ3n) is 3.98. The molecular formula is C20H26FIN4O. The van der Waals surface area contributed by atoms with E-state index in [1.54, 1.807) is 20.0 Å². The quantitative estimate of drug-likeness (QED) is 0.340. The Balaban J connectivity index is 0.00000364. The van der Waals surface area contributed by atoms with Crippen LogP contribution in [0.4, 0.5) is 10.1 Å². The van der Waals surface area contributed by atoms with Crippen LogP contribution < -0.4 is 16.0 Å².